The molecule has 1 aliphatic heterocycles. The van der Waals surface area contributed by atoms with Crippen LogP contribution in [0.5, 0.6) is 0 Å². The first kappa shape index (κ1) is 21.8. The van der Waals surface area contributed by atoms with Gasteiger partial charge >= 0.3 is 0 Å². The molecule has 1 fully saturated rings. The third kappa shape index (κ3) is 5.30. The second-order valence-electron chi connectivity index (χ2n) is 8.13. The van der Waals surface area contributed by atoms with Gasteiger partial charge in [-0.15, -0.1) is 0 Å². The molecule has 0 aliphatic carbocycles. The summed E-state index contributed by atoms with van der Waals surface area (Å²) < 4.78 is 10.9. The van der Waals surface area contributed by atoms with E-state index in [1.165, 1.54) is 5.56 Å². The van der Waals surface area contributed by atoms with Crippen molar-refractivity contribution < 1.29 is 9.05 Å². The van der Waals surface area contributed by atoms with E-state index in [-0.39, 0.29) is 0 Å². The molecule has 0 bridgehead atoms. The Morgan fingerprint density at radius 3 is 1.64 bits per heavy atom. The SMILES string of the molecule is CCc1ccc(-c2noc(CN3CCN(Cc4nc(-c5ccc(Cl)cc5)no4)CC3)n2)cc1. The molecule has 170 valence electrons. The van der Waals surface area contributed by atoms with Crippen molar-refractivity contribution in [2.45, 2.75) is 26.4 Å². The second kappa shape index (κ2) is 9.82. The topological polar surface area (TPSA) is 84.3 Å². The number of halogens is 1. The molecule has 9 heteroatoms. The van der Waals surface area contributed by atoms with Crippen LogP contribution in [0.3, 0.4) is 0 Å². The Morgan fingerprint density at radius 2 is 1.18 bits per heavy atom. The molecule has 33 heavy (non-hydrogen) atoms. The van der Waals surface area contributed by atoms with Crippen molar-refractivity contribution in [1.29, 1.82) is 0 Å². The summed E-state index contributed by atoms with van der Waals surface area (Å²) in [6.45, 7) is 7.03. The first-order valence-electron chi connectivity index (χ1n) is 11.1. The molecule has 3 heterocycles. The highest BCUT2D eigenvalue weighted by atomic mass is 35.5. The number of rotatable bonds is 7. The highest BCUT2D eigenvalue weighted by Gasteiger charge is 2.21. The molecule has 8 nitrogen and oxygen atoms in total. The van der Waals surface area contributed by atoms with Crippen molar-refractivity contribution in [1.82, 2.24) is 30.1 Å². The van der Waals surface area contributed by atoms with Crippen molar-refractivity contribution in [2.75, 3.05) is 26.2 Å². The summed E-state index contributed by atoms with van der Waals surface area (Å²) in [7, 11) is 0. The van der Waals surface area contributed by atoms with Crippen LogP contribution < -0.4 is 0 Å². The van der Waals surface area contributed by atoms with Crippen LogP contribution in [0.25, 0.3) is 22.8 Å². The number of aromatic nitrogens is 4. The van der Waals surface area contributed by atoms with E-state index >= 15 is 0 Å². The molecule has 0 saturated carbocycles. The van der Waals surface area contributed by atoms with Crippen LogP contribution in [0.1, 0.15) is 24.3 Å². The van der Waals surface area contributed by atoms with E-state index in [1.54, 1.807) is 0 Å². The Kier molecular flexibility index (Phi) is 6.48. The molecule has 2 aromatic carbocycles. The first-order chi connectivity index (χ1) is 16.2. The van der Waals surface area contributed by atoms with Crippen LogP contribution in [0, 0.1) is 0 Å². The number of piperazine rings is 1. The second-order valence-corrected chi connectivity index (χ2v) is 8.57. The highest BCUT2D eigenvalue weighted by molar-refractivity contribution is 6.30. The van der Waals surface area contributed by atoms with Crippen molar-refractivity contribution in [3.8, 4) is 22.8 Å². The predicted molar refractivity (Wildman–Crippen MR) is 124 cm³/mol. The third-order valence-corrected chi connectivity index (χ3v) is 6.09. The lowest BCUT2D eigenvalue weighted by Gasteiger charge is -2.32. The fourth-order valence-corrected chi connectivity index (χ4v) is 3.98. The van der Waals surface area contributed by atoms with Gasteiger partial charge in [0.15, 0.2) is 0 Å². The lowest BCUT2D eigenvalue weighted by atomic mass is 10.1. The molecule has 1 aliphatic rings. The van der Waals surface area contributed by atoms with Gasteiger partial charge in [-0.25, -0.2) is 0 Å². The molecule has 0 radical (unpaired) electrons. The molecular formula is C24H25ClN6O2. The molecule has 5 rings (SSSR count). The summed E-state index contributed by atoms with van der Waals surface area (Å²) in [6, 6.07) is 15.7. The maximum Gasteiger partial charge on any atom is 0.241 e. The van der Waals surface area contributed by atoms with Gasteiger partial charge in [-0.05, 0) is 36.2 Å². The van der Waals surface area contributed by atoms with Crippen LogP contribution in [0.15, 0.2) is 57.6 Å². The van der Waals surface area contributed by atoms with Crippen molar-refractivity contribution in [3.63, 3.8) is 0 Å². The minimum absolute atomic E-state index is 0.580. The van der Waals surface area contributed by atoms with E-state index in [4.69, 9.17) is 20.6 Å². The van der Waals surface area contributed by atoms with Crippen LogP contribution in [0.4, 0.5) is 0 Å². The zero-order valence-electron chi connectivity index (χ0n) is 18.4. The van der Waals surface area contributed by atoms with E-state index < -0.39 is 0 Å². The van der Waals surface area contributed by atoms with Gasteiger partial charge in [-0.1, -0.05) is 53.1 Å². The van der Waals surface area contributed by atoms with E-state index in [1.807, 2.05) is 36.4 Å². The van der Waals surface area contributed by atoms with Crippen molar-refractivity contribution in [3.05, 3.63) is 70.9 Å². The summed E-state index contributed by atoms with van der Waals surface area (Å²) in [5.74, 6) is 2.47. The molecular weight excluding hydrogens is 440 g/mol. The Balaban J connectivity index is 1.12. The predicted octanol–water partition coefficient (Wildman–Crippen LogP) is 4.32. The number of hydrogen-bond donors (Lipinski definition) is 0. The minimum atomic E-state index is 0.580. The lowest BCUT2D eigenvalue weighted by Crippen LogP contribution is -2.45. The fraction of sp³-hybridized carbons (Fsp3) is 0.333. The summed E-state index contributed by atoms with van der Waals surface area (Å²) in [5.41, 5.74) is 3.16. The maximum absolute atomic E-state index is 5.95. The molecule has 0 spiro atoms. The number of aryl methyl sites for hydroxylation is 1. The number of benzene rings is 2. The standard InChI is InChI=1S/C24H25ClN6O2/c1-2-17-3-5-18(6-4-17)23-26-21(32-28-23)15-30-11-13-31(14-12-30)16-22-27-24(29-33-22)19-7-9-20(25)10-8-19/h3-10H,2,11-16H2,1H3. The quantitative estimate of drug-likeness (QED) is 0.400. The minimum Gasteiger partial charge on any atom is -0.338 e. The summed E-state index contributed by atoms with van der Waals surface area (Å²) >= 11 is 5.95. The Morgan fingerprint density at radius 1 is 0.727 bits per heavy atom. The number of hydrogen-bond acceptors (Lipinski definition) is 8. The monoisotopic (exact) mass is 464 g/mol. The zero-order chi connectivity index (χ0) is 22.6. The van der Waals surface area contributed by atoms with Crippen molar-refractivity contribution >= 4 is 11.6 Å². The van der Waals surface area contributed by atoms with Gasteiger partial charge in [0.05, 0.1) is 13.1 Å². The Bertz CT molecular complexity index is 1180. The van der Waals surface area contributed by atoms with Crippen molar-refractivity contribution in [2.24, 2.45) is 0 Å². The van der Waals surface area contributed by atoms with Gasteiger partial charge in [0, 0.05) is 42.3 Å². The normalized spacial score (nSPS) is 15.2. The molecule has 0 atom stereocenters. The van der Waals surface area contributed by atoms with E-state index in [0.29, 0.717) is 41.5 Å². The molecule has 4 aromatic rings. The highest BCUT2D eigenvalue weighted by Crippen LogP contribution is 2.20. The molecule has 0 N–H and O–H groups in total. The van der Waals surface area contributed by atoms with Crippen LogP contribution in [-0.2, 0) is 19.5 Å². The average Bonchev–Trinajstić information content (AvgIpc) is 3.51. The zero-order valence-corrected chi connectivity index (χ0v) is 19.2. The summed E-state index contributed by atoms with van der Waals surface area (Å²) in [6.07, 6.45) is 1.01. The van der Waals surface area contributed by atoms with Gasteiger partial charge in [-0.3, -0.25) is 9.80 Å². The van der Waals surface area contributed by atoms with E-state index in [0.717, 1.165) is 43.7 Å². The molecule has 0 amide bonds. The van der Waals surface area contributed by atoms with Gasteiger partial charge in [0.2, 0.25) is 23.4 Å². The fourth-order valence-electron chi connectivity index (χ4n) is 3.85. The Labute approximate surface area is 197 Å². The van der Waals surface area contributed by atoms with Gasteiger partial charge in [0.25, 0.3) is 0 Å². The summed E-state index contributed by atoms with van der Waals surface area (Å²) in [4.78, 5) is 13.7. The van der Waals surface area contributed by atoms with Gasteiger partial charge in [-0.2, -0.15) is 9.97 Å². The molecule has 2 aromatic heterocycles. The van der Waals surface area contributed by atoms with Crippen LogP contribution >= 0.6 is 11.6 Å². The average molecular weight is 465 g/mol. The third-order valence-electron chi connectivity index (χ3n) is 5.84. The molecule has 1 saturated heterocycles. The van der Waals surface area contributed by atoms with Crippen LogP contribution in [0.2, 0.25) is 5.02 Å². The largest absolute Gasteiger partial charge is 0.338 e. The van der Waals surface area contributed by atoms with Crippen LogP contribution in [-0.4, -0.2) is 56.3 Å². The molecule has 0 unspecified atom stereocenters. The summed E-state index contributed by atoms with van der Waals surface area (Å²) in [5, 5.41) is 8.93. The maximum atomic E-state index is 5.95. The van der Waals surface area contributed by atoms with Gasteiger partial charge in [0.1, 0.15) is 0 Å². The van der Waals surface area contributed by atoms with E-state index in [2.05, 4.69) is 49.1 Å². The first-order valence-corrected chi connectivity index (χ1v) is 11.5. The number of nitrogens with zero attached hydrogens (tertiary/aromatic N) is 6. The Hall–Kier alpha value is -3.07. The van der Waals surface area contributed by atoms with E-state index in [9.17, 15) is 0 Å². The van der Waals surface area contributed by atoms with Gasteiger partial charge < -0.3 is 9.05 Å². The smallest absolute Gasteiger partial charge is 0.241 e. The lowest BCUT2D eigenvalue weighted by molar-refractivity contribution is 0.103.